The fraction of sp³-hybridized carbons (Fsp3) is 0.292. The monoisotopic (exact) mass is 604 g/mol. The molecule has 1 N–H and O–H groups in total. The van der Waals surface area contributed by atoms with E-state index >= 15 is 0 Å². The van der Waals surface area contributed by atoms with Crippen molar-refractivity contribution in [1.29, 1.82) is 0 Å². The number of carbonyl (C=O) groups excluding carboxylic acids is 1. The molecule has 1 fully saturated rings. The molecule has 5 rings (SSSR count). The number of amides is 1. The maximum absolute atomic E-state index is 11.5. The number of nitrogens with one attached hydrogen (secondary N) is 1. The molecule has 34 heavy (non-hydrogen) atoms. The Bertz CT molecular complexity index is 1310. The van der Waals surface area contributed by atoms with Crippen LogP contribution in [0.2, 0.25) is 0 Å². The van der Waals surface area contributed by atoms with Crippen LogP contribution in [0, 0.1) is 6.92 Å². The molecule has 4 heterocycles. The van der Waals surface area contributed by atoms with Crippen LogP contribution >= 0.6 is 41.7 Å². The SMILES string of the molecule is CC(=O)N1CCN(Cc2ccc(Nc3nc(-c4cc(C)cs4)c4ccn(SI)c4n3)cc2)CC1. The van der Waals surface area contributed by atoms with E-state index in [-0.39, 0.29) is 5.91 Å². The third-order valence-electron chi connectivity index (χ3n) is 5.98. The van der Waals surface area contributed by atoms with Crippen molar-refractivity contribution in [3.63, 3.8) is 0 Å². The van der Waals surface area contributed by atoms with Crippen LogP contribution in [0.5, 0.6) is 0 Å². The zero-order chi connectivity index (χ0) is 23.7. The highest BCUT2D eigenvalue weighted by atomic mass is 127. The van der Waals surface area contributed by atoms with Gasteiger partial charge < -0.3 is 10.2 Å². The van der Waals surface area contributed by atoms with Crippen molar-refractivity contribution in [2.75, 3.05) is 31.5 Å². The number of hydrogen-bond donors (Lipinski definition) is 1. The van der Waals surface area contributed by atoms with Crippen LogP contribution in [0.1, 0.15) is 18.1 Å². The summed E-state index contributed by atoms with van der Waals surface area (Å²) < 4.78 is 2.06. The third kappa shape index (κ3) is 5.09. The van der Waals surface area contributed by atoms with E-state index in [1.807, 2.05) is 11.1 Å². The average Bonchev–Trinajstić information content (AvgIpc) is 3.46. The van der Waals surface area contributed by atoms with Crippen molar-refractivity contribution in [1.82, 2.24) is 23.7 Å². The van der Waals surface area contributed by atoms with E-state index in [1.165, 1.54) is 11.1 Å². The third-order valence-corrected chi connectivity index (χ3v) is 8.75. The predicted molar refractivity (Wildman–Crippen MR) is 150 cm³/mol. The van der Waals surface area contributed by atoms with Crippen molar-refractivity contribution in [2.24, 2.45) is 0 Å². The van der Waals surface area contributed by atoms with Gasteiger partial charge in [-0.1, -0.05) is 12.1 Å². The van der Waals surface area contributed by atoms with Gasteiger partial charge in [0, 0.05) is 87.2 Å². The van der Waals surface area contributed by atoms with Gasteiger partial charge in [0.25, 0.3) is 0 Å². The summed E-state index contributed by atoms with van der Waals surface area (Å²) in [5.41, 5.74) is 5.30. The normalized spacial score (nSPS) is 14.6. The van der Waals surface area contributed by atoms with Crippen LogP contribution in [0.15, 0.2) is 48.0 Å². The van der Waals surface area contributed by atoms with Crippen molar-refractivity contribution in [3.8, 4) is 10.6 Å². The molecule has 1 amide bonds. The molecule has 1 aromatic carbocycles. The number of aromatic nitrogens is 3. The summed E-state index contributed by atoms with van der Waals surface area (Å²) in [4.78, 5) is 26.7. The van der Waals surface area contributed by atoms with E-state index in [4.69, 9.17) is 9.97 Å². The van der Waals surface area contributed by atoms with E-state index in [0.29, 0.717) is 5.95 Å². The second-order valence-corrected chi connectivity index (χ2v) is 11.1. The molecule has 0 bridgehead atoms. The molecule has 1 saturated heterocycles. The molecule has 3 aromatic heterocycles. The molecule has 0 aliphatic carbocycles. The number of halogens is 1. The summed E-state index contributed by atoms with van der Waals surface area (Å²) in [6, 6.07) is 12.7. The van der Waals surface area contributed by atoms with E-state index in [0.717, 1.165) is 60.0 Å². The van der Waals surface area contributed by atoms with Gasteiger partial charge in [-0.25, -0.2) is 4.98 Å². The van der Waals surface area contributed by atoms with E-state index in [2.05, 4.69) is 84.1 Å². The van der Waals surface area contributed by atoms with Crippen molar-refractivity contribution in [3.05, 3.63) is 59.1 Å². The van der Waals surface area contributed by atoms with Crippen molar-refractivity contribution in [2.45, 2.75) is 20.4 Å². The summed E-state index contributed by atoms with van der Waals surface area (Å²) in [6.45, 7) is 8.06. The predicted octanol–water partition coefficient (Wildman–Crippen LogP) is 5.72. The Hall–Kier alpha value is -2.15. The maximum atomic E-state index is 11.5. The summed E-state index contributed by atoms with van der Waals surface area (Å²) in [5.74, 6) is 0.754. The highest BCUT2D eigenvalue weighted by Crippen LogP contribution is 2.35. The van der Waals surface area contributed by atoms with E-state index < -0.39 is 0 Å². The molecule has 0 unspecified atom stereocenters. The molecule has 0 spiro atoms. The van der Waals surface area contributed by atoms with Crippen LogP contribution in [0.25, 0.3) is 21.6 Å². The lowest BCUT2D eigenvalue weighted by Gasteiger charge is -2.34. The van der Waals surface area contributed by atoms with Gasteiger partial charge in [0.1, 0.15) is 0 Å². The standard InChI is InChI=1S/C24H25IN6OS2/c1-16-13-21(33-15-16)22-20-7-8-31(34-25)23(20)28-24(27-22)26-19-5-3-18(4-6-19)14-29-9-11-30(12-10-29)17(2)32/h3-8,13,15H,9-12,14H2,1-2H3,(H,26,27,28). The van der Waals surface area contributed by atoms with Gasteiger partial charge in [-0.05, 0) is 47.7 Å². The summed E-state index contributed by atoms with van der Waals surface area (Å²) in [5, 5.41) is 6.61. The largest absolute Gasteiger partial charge is 0.340 e. The number of benzene rings is 1. The Labute approximate surface area is 219 Å². The van der Waals surface area contributed by atoms with Gasteiger partial charge in [0.15, 0.2) is 5.65 Å². The van der Waals surface area contributed by atoms with Gasteiger partial charge in [0.2, 0.25) is 11.9 Å². The number of hydrogen-bond acceptors (Lipinski definition) is 7. The minimum absolute atomic E-state index is 0.164. The van der Waals surface area contributed by atoms with Crippen LogP contribution in [-0.4, -0.2) is 55.8 Å². The van der Waals surface area contributed by atoms with Crippen LogP contribution < -0.4 is 5.32 Å². The minimum atomic E-state index is 0.164. The molecule has 0 atom stereocenters. The topological polar surface area (TPSA) is 66.3 Å². The number of carbonyl (C=O) groups is 1. The molecule has 4 aromatic rings. The number of fused-ring (bicyclic) bond motifs is 1. The van der Waals surface area contributed by atoms with E-state index in [1.54, 1.807) is 27.4 Å². The molecule has 0 saturated carbocycles. The Morgan fingerprint density at radius 3 is 2.56 bits per heavy atom. The number of thiophene rings is 1. The Morgan fingerprint density at radius 2 is 1.91 bits per heavy atom. The van der Waals surface area contributed by atoms with Crippen molar-refractivity contribution < 1.29 is 4.79 Å². The first-order chi connectivity index (χ1) is 16.5. The van der Waals surface area contributed by atoms with Crippen LogP contribution in [0.3, 0.4) is 0 Å². The number of anilines is 2. The van der Waals surface area contributed by atoms with Gasteiger partial charge >= 0.3 is 0 Å². The van der Waals surface area contributed by atoms with Gasteiger partial charge in [-0.2, -0.15) is 4.98 Å². The number of aryl methyl sites for hydroxylation is 1. The van der Waals surface area contributed by atoms with E-state index in [9.17, 15) is 4.79 Å². The fourth-order valence-electron chi connectivity index (χ4n) is 4.15. The first-order valence-electron chi connectivity index (χ1n) is 11.1. The second-order valence-electron chi connectivity index (χ2n) is 8.44. The molecule has 0 radical (unpaired) electrons. The lowest BCUT2D eigenvalue weighted by molar-refractivity contribution is -0.130. The average molecular weight is 605 g/mol. The van der Waals surface area contributed by atoms with Gasteiger partial charge in [0.05, 0.1) is 10.6 Å². The second kappa shape index (κ2) is 10.2. The number of rotatable bonds is 6. The zero-order valence-corrected chi connectivity index (χ0v) is 22.8. The highest BCUT2D eigenvalue weighted by Gasteiger charge is 2.19. The number of piperazine rings is 1. The molecule has 1 aliphatic heterocycles. The Balaban J connectivity index is 1.33. The molecule has 1 aliphatic rings. The lowest BCUT2D eigenvalue weighted by atomic mass is 10.1. The lowest BCUT2D eigenvalue weighted by Crippen LogP contribution is -2.47. The van der Waals surface area contributed by atoms with Gasteiger partial charge in [-0.3, -0.25) is 13.7 Å². The zero-order valence-electron chi connectivity index (χ0n) is 19.0. The first-order valence-corrected chi connectivity index (χ1v) is 15.3. The molecule has 10 heteroatoms. The minimum Gasteiger partial charge on any atom is -0.340 e. The molecular weight excluding hydrogens is 579 g/mol. The van der Waals surface area contributed by atoms with Crippen molar-refractivity contribution >= 4 is 70.2 Å². The summed E-state index contributed by atoms with van der Waals surface area (Å²) in [6.07, 6.45) is 2.04. The smallest absolute Gasteiger partial charge is 0.229 e. The van der Waals surface area contributed by atoms with Gasteiger partial charge in [-0.15, -0.1) is 11.3 Å². The van der Waals surface area contributed by atoms with Crippen LogP contribution in [0.4, 0.5) is 11.6 Å². The molecule has 176 valence electrons. The van der Waals surface area contributed by atoms with Crippen LogP contribution in [-0.2, 0) is 11.3 Å². The highest BCUT2D eigenvalue weighted by molar-refractivity contribution is 14.2. The Kier molecular flexibility index (Phi) is 7.09. The molecule has 7 nitrogen and oxygen atoms in total. The quantitative estimate of drug-likeness (QED) is 0.284. The maximum Gasteiger partial charge on any atom is 0.229 e. The summed E-state index contributed by atoms with van der Waals surface area (Å²) in [7, 11) is 1.59. The first kappa shape index (κ1) is 23.6. The Morgan fingerprint density at radius 1 is 1.15 bits per heavy atom. The fourth-order valence-corrected chi connectivity index (χ4v) is 6.32. The molecular formula is C24H25IN6OS2. The summed E-state index contributed by atoms with van der Waals surface area (Å²) >= 11 is 3.98. The number of nitrogens with zero attached hydrogens (tertiary/aromatic N) is 5.